The van der Waals surface area contributed by atoms with Crippen LogP contribution in [0.1, 0.15) is 31.4 Å². The van der Waals surface area contributed by atoms with Gasteiger partial charge in [-0.1, -0.05) is 31.0 Å². The summed E-state index contributed by atoms with van der Waals surface area (Å²) in [5.74, 6) is 2.87. The normalized spacial score (nSPS) is 29.3. The third-order valence-electron chi connectivity index (χ3n) is 5.81. The van der Waals surface area contributed by atoms with Crippen LogP contribution in [0.2, 0.25) is 0 Å². The first kappa shape index (κ1) is 13.3. The minimum Gasteiger partial charge on any atom is -0.316 e. The number of hydrogen-bond donors (Lipinski definition) is 1. The third-order valence-corrected chi connectivity index (χ3v) is 5.81. The molecule has 3 heteroatoms. The molecule has 4 rings (SSSR count). The van der Waals surface area contributed by atoms with Gasteiger partial charge in [-0.25, -0.2) is 0 Å². The molecule has 0 radical (unpaired) electrons. The molecule has 1 aromatic heterocycles. The van der Waals surface area contributed by atoms with Gasteiger partial charge in [-0.15, -0.1) is 0 Å². The number of benzene rings is 1. The summed E-state index contributed by atoms with van der Waals surface area (Å²) < 4.78 is 2.03. The van der Waals surface area contributed by atoms with E-state index in [4.69, 9.17) is 5.10 Å². The van der Waals surface area contributed by atoms with E-state index in [1.807, 2.05) is 4.68 Å². The lowest BCUT2D eigenvalue weighted by Gasteiger charge is -2.15. The molecule has 3 unspecified atom stereocenters. The van der Waals surface area contributed by atoms with Gasteiger partial charge in [0.05, 0.1) is 11.2 Å². The summed E-state index contributed by atoms with van der Waals surface area (Å²) in [5.41, 5.74) is 2.51. The number of aromatic nitrogens is 2. The summed E-state index contributed by atoms with van der Waals surface area (Å²) in [5, 5.41) is 9.70. The molecule has 2 aliphatic carbocycles. The SMILES string of the molecule is CNC(Cc1nn(C)c2ccccc12)C1C2CCCCC21. The van der Waals surface area contributed by atoms with Crippen molar-refractivity contribution in [2.75, 3.05) is 7.05 Å². The highest BCUT2D eigenvalue weighted by atomic mass is 15.3. The molecule has 1 N–H and O–H groups in total. The van der Waals surface area contributed by atoms with E-state index >= 15 is 0 Å². The van der Waals surface area contributed by atoms with E-state index in [-0.39, 0.29) is 0 Å². The smallest absolute Gasteiger partial charge is 0.0718 e. The fourth-order valence-corrected chi connectivity index (χ4v) is 4.72. The van der Waals surface area contributed by atoms with E-state index < -0.39 is 0 Å². The van der Waals surface area contributed by atoms with Gasteiger partial charge in [0.1, 0.15) is 0 Å². The summed E-state index contributed by atoms with van der Waals surface area (Å²) in [6.45, 7) is 0. The highest BCUT2D eigenvalue weighted by molar-refractivity contribution is 5.81. The van der Waals surface area contributed by atoms with Crippen LogP contribution in [0.15, 0.2) is 24.3 Å². The number of rotatable bonds is 4. The Morgan fingerprint density at radius 3 is 2.67 bits per heavy atom. The summed E-state index contributed by atoms with van der Waals surface area (Å²) in [6.07, 6.45) is 6.86. The molecule has 0 aliphatic heterocycles. The molecular formula is C18H25N3. The fraction of sp³-hybridized carbons (Fsp3) is 0.611. The van der Waals surface area contributed by atoms with Crippen LogP contribution in [0.25, 0.3) is 10.9 Å². The van der Waals surface area contributed by atoms with Gasteiger partial charge in [0.15, 0.2) is 0 Å². The van der Waals surface area contributed by atoms with Crippen LogP contribution in [0, 0.1) is 17.8 Å². The molecular weight excluding hydrogens is 258 g/mol. The van der Waals surface area contributed by atoms with E-state index in [0.717, 1.165) is 24.2 Å². The Kier molecular flexibility index (Phi) is 3.26. The predicted molar refractivity (Wildman–Crippen MR) is 86.2 cm³/mol. The maximum atomic E-state index is 4.78. The quantitative estimate of drug-likeness (QED) is 0.934. The molecule has 112 valence electrons. The second kappa shape index (κ2) is 5.13. The van der Waals surface area contributed by atoms with E-state index in [2.05, 4.69) is 43.7 Å². The zero-order chi connectivity index (χ0) is 14.4. The minimum atomic E-state index is 0.594. The van der Waals surface area contributed by atoms with Crippen molar-refractivity contribution < 1.29 is 0 Å². The fourth-order valence-electron chi connectivity index (χ4n) is 4.72. The predicted octanol–water partition coefficient (Wildman–Crippen LogP) is 3.14. The average Bonchev–Trinajstić information content (AvgIpc) is 3.17. The Hall–Kier alpha value is -1.35. The number of likely N-dealkylation sites (N-methyl/N-ethyl adjacent to an activating group) is 1. The number of hydrogen-bond acceptors (Lipinski definition) is 2. The van der Waals surface area contributed by atoms with E-state index in [9.17, 15) is 0 Å². The molecule has 1 aromatic carbocycles. The topological polar surface area (TPSA) is 29.9 Å². The van der Waals surface area contributed by atoms with E-state index in [1.54, 1.807) is 0 Å². The summed E-state index contributed by atoms with van der Waals surface area (Å²) in [4.78, 5) is 0. The monoisotopic (exact) mass is 283 g/mol. The van der Waals surface area contributed by atoms with Crippen molar-refractivity contribution >= 4 is 10.9 Å². The van der Waals surface area contributed by atoms with Crippen molar-refractivity contribution in [1.29, 1.82) is 0 Å². The lowest BCUT2D eigenvalue weighted by atomic mass is 10.0. The molecule has 2 fully saturated rings. The highest BCUT2D eigenvalue weighted by Crippen LogP contribution is 2.57. The maximum absolute atomic E-state index is 4.78. The first-order chi connectivity index (χ1) is 10.3. The van der Waals surface area contributed by atoms with Crippen molar-refractivity contribution in [3.05, 3.63) is 30.0 Å². The van der Waals surface area contributed by atoms with Gasteiger partial charge >= 0.3 is 0 Å². The van der Waals surface area contributed by atoms with E-state index in [1.165, 1.54) is 42.3 Å². The Morgan fingerprint density at radius 1 is 1.24 bits per heavy atom. The zero-order valence-electron chi connectivity index (χ0n) is 13.0. The van der Waals surface area contributed by atoms with Crippen LogP contribution >= 0.6 is 0 Å². The van der Waals surface area contributed by atoms with Crippen molar-refractivity contribution in [2.45, 2.75) is 38.1 Å². The number of para-hydroxylation sites is 1. The van der Waals surface area contributed by atoms with Crippen LogP contribution in [-0.4, -0.2) is 22.9 Å². The second-order valence-corrected chi connectivity index (χ2v) is 6.88. The molecule has 3 nitrogen and oxygen atoms in total. The van der Waals surface area contributed by atoms with Gasteiger partial charge in [0.25, 0.3) is 0 Å². The summed E-state index contributed by atoms with van der Waals surface area (Å²) >= 11 is 0. The third kappa shape index (κ3) is 2.18. The maximum Gasteiger partial charge on any atom is 0.0718 e. The molecule has 0 amide bonds. The average molecular weight is 283 g/mol. The number of nitrogens with zero attached hydrogens (tertiary/aromatic N) is 2. The molecule has 1 heterocycles. The molecule has 21 heavy (non-hydrogen) atoms. The van der Waals surface area contributed by atoms with Crippen LogP contribution in [0.4, 0.5) is 0 Å². The summed E-state index contributed by atoms with van der Waals surface area (Å²) in [6, 6.07) is 9.19. The van der Waals surface area contributed by atoms with Gasteiger partial charge in [-0.05, 0) is 43.7 Å². The molecule has 0 spiro atoms. The molecule has 2 aromatic rings. The molecule has 2 saturated carbocycles. The number of aryl methyl sites for hydroxylation is 1. The number of nitrogens with one attached hydrogen (secondary N) is 1. The van der Waals surface area contributed by atoms with Crippen LogP contribution in [-0.2, 0) is 13.5 Å². The first-order valence-electron chi connectivity index (χ1n) is 8.37. The summed E-state index contributed by atoms with van der Waals surface area (Å²) in [7, 11) is 4.18. The molecule has 0 saturated heterocycles. The van der Waals surface area contributed by atoms with Gasteiger partial charge in [-0.3, -0.25) is 4.68 Å². The molecule has 0 bridgehead atoms. The van der Waals surface area contributed by atoms with Gasteiger partial charge in [-0.2, -0.15) is 5.10 Å². The van der Waals surface area contributed by atoms with Gasteiger partial charge in [0.2, 0.25) is 0 Å². The lowest BCUT2D eigenvalue weighted by molar-refractivity contribution is 0.455. The first-order valence-corrected chi connectivity index (χ1v) is 8.37. The minimum absolute atomic E-state index is 0.594. The molecule has 3 atom stereocenters. The Balaban J connectivity index is 1.58. The Morgan fingerprint density at radius 2 is 1.95 bits per heavy atom. The standard InChI is InChI=1S/C18H25N3/c1-19-16(18-12-7-3-4-8-13(12)18)11-15-14-9-5-6-10-17(14)21(2)20-15/h5-6,9-10,12-13,16,18-19H,3-4,7-8,11H2,1-2H3. The lowest BCUT2D eigenvalue weighted by Crippen LogP contribution is -2.31. The van der Waals surface area contributed by atoms with E-state index in [0.29, 0.717) is 6.04 Å². The molecule has 2 aliphatic rings. The zero-order valence-corrected chi connectivity index (χ0v) is 13.0. The number of fused-ring (bicyclic) bond motifs is 2. The largest absolute Gasteiger partial charge is 0.316 e. The van der Waals surface area contributed by atoms with Gasteiger partial charge < -0.3 is 5.32 Å². The van der Waals surface area contributed by atoms with Crippen molar-refractivity contribution in [2.24, 2.45) is 24.8 Å². The van der Waals surface area contributed by atoms with Crippen LogP contribution in [0.5, 0.6) is 0 Å². The van der Waals surface area contributed by atoms with Crippen LogP contribution < -0.4 is 5.32 Å². The van der Waals surface area contributed by atoms with Crippen molar-refractivity contribution in [3.63, 3.8) is 0 Å². The Bertz CT molecular complexity index is 633. The van der Waals surface area contributed by atoms with Crippen molar-refractivity contribution in [1.82, 2.24) is 15.1 Å². The van der Waals surface area contributed by atoms with Gasteiger partial charge in [0, 0.05) is 24.9 Å². The van der Waals surface area contributed by atoms with Crippen LogP contribution in [0.3, 0.4) is 0 Å². The highest BCUT2D eigenvalue weighted by Gasteiger charge is 2.53. The second-order valence-electron chi connectivity index (χ2n) is 6.88. The van der Waals surface area contributed by atoms with Crippen molar-refractivity contribution in [3.8, 4) is 0 Å². The Labute approximate surface area is 126 Å².